The molecule has 0 bridgehead atoms. The van der Waals surface area contributed by atoms with Crippen molar-refractivity contribution in [3.05, 3.63) is 42.3 Å². The fourth-order valence-electron chi connectivity index (χ4n) is 3.10. The Balaban J connectivity index is 1.57. The summed E-state index contributed by atoms with van der Waals surface area (Å²) in [5.41, 5.74) is 0.969. The molecule has 0 amide bonds. The Morgan fingerprint density at radius 3 is 2.84 bits per heavy atom. The zero-order valence-corrected chi connectivity index (χ0v) is 14.7. The van der Waals surface area contributed by atoms with Crippen molar-refractivity contribution in [3.8, 4) is 17.1 Å². The van der Waals surface area contributed by atoms with E-state index in [1.165, 1.54) is 0 Å². The first-order valence-electron chi connectivity index (χ1n) is 8.93. The molecule has 1 aliphatic heterocycles. The molecule has 1 aliphatic rings. The average Bonchev–Trinajstić information content (AvgIpc) is 3.30. The van der Waals surface area contributed by atoms with Gasteiger partial charge in [0.2, 0.25) is 11.7 Å². The molecule has 5 nitrogen and oxygen atoms in total. The molecule has 1 N–H and O–H groups in total. The van der Waals surface area contributed by atoms with Crippen molar-refractivity contribution in [1.29, 1.82) is 0 Å². The standard InChI is InChI=1S/C20H23N3O2/c1-13(2)12-24-17-8-7-14-10-16(6-5-15(14)11-17)19-22-20(25-23-19)18-4-3-9-21-18/h5-8,10-11,13,18,21H,3-4,9,12H2,1-2H3/t18-/m0/s1. The highest BCUT2D eigenvalue weighted by Gasteiger charge is 2.22. The second kappa shape index (κ2) is 6.84. The number of nitrogens with zero attached hydrogens (tertiary/aromatic N) is 2. The molecule has 2 heterocycles. The molecule has 2 aromatic carbocycles. The van der Waals surface area contributed by atoms with Crippen LogP contribution < -0.4 is 10.1 Å². The molecule has 25 heavy (non-hydrogen) atoms. The van der Waals surface area contributed by atoms with E-state index in [1.54, 1.807) is 0 Å². The lowest BCUT2D eigenvalue weighted by Crippen LogP contribution is -2.12. The van der Waals surface area contributed by atoms with Crippen molar-refractivity contribution in [2.75, 3.05) is 13.2 Å². The summed E-state index contributed by atoms with van der Waals surface area (Å²) >= 11 is 0. The number of fused-ring (bicyclic) bond motifs is 1. The molecule has 3 aromatic rings. The Hall–Kier alpha value is -2.40. The average molecular weight is 337 g/mol. The van der Waals surface area contributed by atoms with Crippen molar-refractivity contribution < 1.29 is 9.26 Å². The highest BCUT2D eigenvalue weighted by Crippen LogP contribution is 2.28. The molecule has 0 unspecified atom stereocenters. The van der Waals surface area contributed by atoms with Gasteiger partial charge in [0.05, 0.1) is 12.6 Å². The zero-order valence-electron chi connectivity index (χ0n) is 14.7. The van der Waals surface area contributed by atoms with Crippen LogP contribution in [0.1, 0.15) is 38.6 Å². The van der Waals surface area contributed by atoms with Crippen LogP contribution in [0.15, 0.2) is 40.9 Å². The molecule has 1 aromatic heterocycles. The van der Waals surface area contributed by atoms with Crippen LogP contribution in [0.4, 0.5) is 0 Å². The van der Waals surface area contributed by atoms with E-state index in [4.69, 9.17) is 9.26 Å². The maximum atomic E-state index is 5.80. The molecule has 1 atom stereocenters. The lowest BCUT2D eigenvalue weighted by Gasteiger charge is -2.09. The van der Waals surface area contributed by atoms with Gasteiger partial charge in [-0.1, -0.05) is 37.2 Å². The van der Waals surface area contributed by atoms with Gasteiger partial charge in [-0.15, -0.1) is 0 Å². The maximum absolute atomic E-state index is 5.80. The molecule has 1 saturated heterocycles. The van der Waals surface area contributed by atoms with E-state index in [1.807, 2.05) is 12.1 Å². The van der Waals surface area contributed by atoms with Crippen molar-refractivity contribution in [2.24, 2.45) is 5.92 Å². The summed E-state index contributed by atoms with van der Waals surface area (Å²) < 4.78 is 11.2. The van der Waals surface area contributed by atoms with E-state index in [-0.39, 0.29) is 6.04 Å². The summed E-state index contributed by atoms with van der Waals surface area (Å²) in [6.07, 6.45) is 2.21. The number of hydrogen-bond donors (Lipinski definition) is 1. The first-order valence-corrected chi connectivity index (χ1v) is 8.93. The van der Waals surface area contributed by atoms with Crippen molar-refractivity contribution in [3.63, 3.8) is 0 Å². The molecular formula is C20H23N3O2. The molecule has 1 fully saturated rings. The van der Waals surface area contributed by atoms with Gasteiger partial charge in [0.1, 0.15) is 5.75 Å². The Labute approximate surface area is 147 Å². The van der Waals surface area contributed by atoms with Crippen LogP contribution >= 0.6 is 0 Å². The first kappa shape index (κ1) is 16.1. The van der Waals surface area contributed by atoms with Crippen LogP contribution in [-0.4, -0.2) is 23.3 Å². The monoisotopic (exact) mass is 337 g/mol. The molecule has 0 radical (unpaired) electrons. The van der Waals surface area contributed by atoms with Gasteiger partial charge in [-0.3, -0.25) is 0 Å². The Morgan fingerprint density at radius 2 is 2.04 bits per heavy atom. The van der Waals surface area contributed by atoms with Gasteiger partial charge in [-0.05, 0) is 54.3 Å². The summed E-state index contributed by atoms with van der Waals surface area (Å²) in [5, 5.41) is 9.82. The van der Waals surface area contributed by atoms with Crippen LogP contribution in [0.2, 0.25) is 0 Å². The number of ether oxygens (including phenoxy) is 1. The van der Waals surface area contributed by atoms with Gasteiger partial charge >= 0.3 is 0 Å². The smallest absolute Gasteiger partial charge is 0.244 e. The summed E-state index contributed by atoms with van der Waals surface area (Å²) in [5.74, 6) is 2.75. The number of benzene rings is 2. The highest BCUT2D eigenvalue weighted by atomic mass is 16.5. The normalized spacial score (nSPS) is 17.5. The van der Waals surface area contributed by atoms with Crippen molar-refractivity contribution >= 4 is 10.8 Å². The van der Waals surface area contributed by atoms with Gasteiger partial charge in [-0.25, -0.2) is 0 Å². The first-order chi connectivity index (χ1) is 12.2. The van der Waals surface area contributed by atoms with Crippen LogP contribution in [0.5, 0.6) is 5.75 Å². The molecule has 0 aliphatic carbocycles. The predicted octanol–water partition coefficient (Wildman–Crippen LogP) is 4.35. The Bertz CT molecular complexity index is 866. The third-order valence-electron chi connectivity index (χ3n) is 4.45. The fraction of sp³-hybridized carbons (Fsp3) is 0.400. The number of rotatable bonds is 5. The summed E-state index contributed by atoms with van der Waals surface area (Å²) in [6.45, 7) is 6.03. The lowest BCUT2D eigenvalue weighted by molar-refractivity contribution is 0.271. The minimum Gasteiger partial charge on any atom is -0.493 e. The van der Waals surface area contributed by atoms with E-state index in [9.17, 15) is 0 Å². The van der Waals surface area contributed by atoms with E-state index < -0.39 is 0 Å². The maximum Gasteiger partial charge on any atom is 0.244 e. The summed E-state index contributed by atoms with van der Waals surface area (Å²) in [7, 11) is 0. The second-order valence-corrected chi connectivity index (χ2v) is 7.03. The predicted molar refractivity (Wildman–Crippen MR) is 97.6 cm³/mol. The van der Waals surface area contributed by atoms with Crippen LogP contribution in [-0.2, 0) is 0 Å². The van der Waals surface area contributed by atoms with Crippen LogP contribution in [0, 0.1) is 5.92 Å². The molecule has 5 heteroatoms. The topological polar surface area (TPSA) is 60.2 Å². The third-order valence-corrected chi connectivity index (χ3v) is 4.45. The SMILES string of the molecule is CC(C)COc1ccc2cc(-c3noc([C@@H]4CCCN4)n3)ccc2c1. The number of hydrogen-bond acceptors (Lipinski definition) is 5. The van der Waals surface area contributed by atoms with Crippen molar-refractivity contribution in [2.45, 2.75) is 32.7 Å². The van der Waals surface area contributed by atoms with Crippen molar-refractivity contribution in [1.82, 2.24) is 15.5 Å². The minimum atomic E-state index is 0.197. The minimum absolute atomic E-state index is 0.197. The van der Waals surface area contributed by atoms with Gasteiger partial charge in [-0.2, -0.15) is 4.98 Å². The number of aromatic nitrogens is 2. The van der Waals surface area contributed by atoms with Gasteiger partial charge in [0.15, 0.2) is 0 Å². The Kier molecular flexibility index (Phi) is 4.40. The van der Waals surface area contributed by atoms with E-state index in [0.29, 0.717) is 17.6 Å². The molecule has 4 rings (SSSR count). The molecule has 130 valence electrons. The van der Waals surface area contributed by atoms with E-state index in [0.717, 1.165) is 48.1 Å². The summed E-state index contributed by atoms with van der Waals surface area (Å²) in [6, 6.07) is 12.6. The molecular weight excluding hydrogens is 314 g/mol. The quantitative estimate of drug-likeness (QED) is 0.750. The molecule has 0 saturated carbocycles. The van der Waals surface area contributed by atoms with Crippen LogP contribution in [0.25, 0.3) is 22.2 Å². The van der Waals surface area contributed by atoms with Crippen LogP contribution in [0.3, 0.4) is 0 Å². The largest absolute Gasteiger partial charge is 0.493 e. The lowest BCUT2D eigenvalue weighted by atomic mass is 10.1. The van der Waals surface area contributed by atoms with E-state index >= 15 is 0 Å². The molecule has 0 spiro atoms. The summed E-state index contributed by atoms with van der Waals surface area (Å²) in [4.78, 5) is 4.57. The highest BCUT2D eigenvalue weighted by molar-refractivity contribution is 5.87. The third kappa shape index (κ3) is 3.51. The van der Waals surface area contributed by atoms with Gasteiger partial charge in [0.25, 0.3) is 0 Å². The fourth-order valence-corrected chi connectivity index (χ4v) is 3.10. The van der Waals surface area contributed by atoms with E-state index in [2.05, 4.69) is 53.6 Å². The number of nitrogens with one attached hydrogen (secondary N) is 1. The second-order valence-electron chi connectivity index (χ2n) is 7.03. The van der Waals surface area contributed by atoms with Gasteiger partial charge < -0.3 is 14.6 Å². The Morgan fingerprint density at radius 1 is 1.20 bits per heavy atom. The zero-order chi connectivity index (χ0) is 17.2. The van der Waals surface area contributed by atoms with Gasteiger partial charge in [0, 0.05) is 5.56 Å².